The topological polar surface area (TPSA) is 46.3 Å². The zero-order chi connectivity index (χ0) is 12.4. The second kappa shape index (κ2) is 6.16. The molecule has 18 heavy (non-hydrogen) atoms. The zero-order valence-corrected chi connectivity index (χ0v) is 11.1. The van der Waals surface area contributed by atoms with Gasteiger partial charge in [0.15, 0.2) is 0 Å². The van der Waals surface area contributed by atoms with E-state index in [4.69, 9.17) is 5.73 Å². The number of nitrogens with zero attached hydrogens (tertiary/aromatic N) is 1. The second-order valence-corrected chi connectivity index (χ2v) is 4.58. The lowest BCUT2D eigenvalue weighted by atomic mass is 10.2. The Morgan fingerprint density at radius 1 is 1.50 bits per heavy atom. The van der Waals surface area contributed by atoms with Crippen LogP contribution in [0.3, 0.4) is 0 Å². The molecule has 1 aliphatic rings. The van der Waals surface area contributed by atoms with Gasteiger partial charge in [0.2, 0.25) is 5.91 Å². The van der Waals surface area contributed by atoms with Gasteiger partial charge in [-0.3, -0.25) is 4.79 Å². The van der Waals surface area contributed by atoms with Crippen LogP contribution in [0.5, 0.6) is 0 Å². The molecular weight excluding hydrogens is 255 g/mol. The summed E-state index contributed by atoms with van der Waals surface area (Å²) in [5.74, 6) is -0.369. The molecule has 0 aromatic heterocycles. The van der Waals surface area contributed by atoms with Crippen LogP contribution >= 0.6 is 12.4 Å². The lowest BCUT2D eigenvalue weighted by molar-refractivity contribution is -0.133. The molecule has 1 aromatic rings. The Morgan fingerprint density at radius 2 is 2.11 bits per heavy atom. The summed E-state index contributed by atoms with van der Waals surface area (Å²) in [6, 6.07) is 6.26. The molecule has 1 aromatic carbocycles. The van der Waals surface area contributed by atoms with Gasteiger partial charge in [-0.2, -0.15) is 0 Å². The van der Waals surface area contributed by atoms with Gasteiger partial charge < -0.3 is 10.6 Å². The lowest BCUT2D eigenvalue weighted by Crippen LogP contribution is -2.43. The van der Waals surface area contributed by atoms with E-state index in [0.29, 0.717) is 12.1 Å². The van der Waals surface area contributed by atoms with E-state index in [1.165, 1.54) is 6.07 Å². The Balaban J connectivity index is 0.00000162. The Bertz CT molecular complexity index is 421. The van der Waals surface area contributed by atoms with Crippen LogP contribution in [0.25, 0.3) is 0 Å². The summed E-state index contributed by atoms with van der Waals surface area (Å²) >= 11 is 0. The molecule has 1 saturated carbocycles. The number of rotatable bonds is 4. The number of benzene rings is 1. The van der Waals surface area contributed by atoms with E-state index >= 15 is 0 Å². The molecule has 0 saturated heterocycles. The van der Waals surface area contributed by atoms with Crippen molar-refractivity contribution in [3.63, 3.8) is 0 Å². The molecule has 5 heteroatoms. The average molecular weight is 273 g/mol. The molecule has 2 rings (SSSR count). The van der Waals surface area contributed by atoms with Crippen LogP contribution in [0.15, 0.2) is 24.3 Å². The van der Waals surface area contributed by atoms with Crippen LogP contribution in [-0.4, -0.2) is 22.9 Å². The van der Waals surface area contributed by atoms with E-state index in [0.717, 1.165) is 12.8 Å². The predicted molar refractivity (Wildman–Crippen MR) is 70.9 cm³/mol. The van der Waals surface area contributed by atoms with Crippen LogP contribution in [0.1, 0.15) is 25.3 Å². The first-order chi connectivity index (χ1) is 8.09. The third-order valence-corrected chi connectivity index (χ3v) is 2.96. The van der Waals surface area contributed by atoms with Crippen LogP contribution in [0, 0.1) is 5.82 Å². The number of carbonyl (C=O) groups excluding carboxylic acids is 1. The second-order valence-electron chi connectivity index (χ2n) is 4.58. The fourth-order valence-corrected chi connectivity index (χ4v) is 1.84. The number of nitrogens with two attached hydrogens (primary N) is 1. The lowest BCUT2D eigenvalue weighted by Gasteiger charge is -2.24. The molecule has 0 radical (unpaired) electrons. The van der Waals surface area contributed by atoms with Crippen molar-refractivity contribution < 1.29 is 9.18 Å². The summed E-state index contributed by atoms with van der Waals surface area (Å²) in [6.45, 7) is 1.98. The van der Waals surface area contributed by atoms with Crippen LogP contribution in [0.2, 0.25) is 0 Å². The Labute approximate surface area is 113 Å². The average Bonchev–Trinajstić information content (AvgIpc) is 3.11. The maximum atomic E-state index is 13.5. The monoisotopic (exact) mass is 272 g/mol. The standard InChI is InChI=1S/C13H17FN2O.ClH/c1-9(15)13(17)16(11-6-7-11)8-10-4-2-3-5-12(10)14;/h2-5,9,11H,6-8,15H2,1H3;1H/t9-;/m0./s1. The third-order valence-electron chi connectivity index (χ3n) is 2.96. The maximum Gasteiger partial charge on any atom is 0.239 e. The number of amides is 1. The molecule has 2 N–H and O–H groups in total. The minimum atomic E-state index is -0.526. The highest BCUT2D eigenvalue weighted by molar-refractivity contribution is 5.85. The zero-order valence-electron chi connectivity index (χ0n) is 10.3. The number of hydrogen-bond acceptors (Lipinski definition) is 2. The summed E-state index contributed by atoms with van der Waals surface area (Å²) in [5, 5.41) is 0. The minimum Gasteiger partial charge on any atom is -0.334 e. The predicted octanol–water partition coefficient (Wildman–Crippen LogP) is 2.09. The molecule has 1 aliphatic carbocycles. The summed E-state index contributed by atoms with van der Waals surface area (Å²) in [5.41, 5.74) is 6.16. The third kappa shape index (κ3) is 3.43. The van der Waals surface area contributed by atoms with Crippen molar-refractivity contribution in [1.29, 1.82) is 0 Å². The number of halogens is 2. The summed E-state index contributed by atoms with van der Waals surface area (Å²) in [7, 11) is 0. The first-order valence-electron chi connectivity index (χ1n) is 5.89. The summed E-state index contributed by atoms with van der Waals surface area (Å²) < 4.78 is 13.5. The minimum absolute atomic E-state index is 0. The van der Waals surface area contributed by atoms with Crippen molar-refractivity contribution in [3.05, 3.63) is 35.6 Å². The summed E-state index contributed by atoms with van der Waals surface area (Å²) in [4.78, 5) is 13.6. The Kier molecular flexibility index (Phi) is 5.11. The first-order valence-corrected chi connectivity index (χ1v) is 5.89. The van der Waals surface area contributed by atoms with Crippen molar-refractivity contribution >= 4 is 18.3 Å². The fraction of sp³-hybridized carbons (Fsp3) is 0.462. The van der Waals surface area contributed by atoms with Crippen LogP contribution < -0.4 is 5.73 Å². The highest BCUT2D eigenvalue weighted by Crippen LogP contribution is 2.29. The van der Waals surface area contributed by atoms with Gasteiger partial charge in [0, 0.05) is 18.2 Å². The smallest absolute Gasteiger partial charge is 0.239 e. The van der Waals surface area contributed by atoms with Gasteiger partial charge in [-0.15, -0.1) is 12.4 Å². The number of carbonyl (C=O) groups is 1. The van der Waals surface area contributed by atoms with Crippen molar-refractivity contribution in [2.75, 3.05) is 0 Å². The first kappa shape index (κ1) is 14.9. The van der Waals surface area contributed by atoms with Crippen molar-refractivity contribution in [3.8, 4) is 0 Å². The van der Waals surface area contributed by atoms with Gasteiger partial charge in [0.25, 0.3) is 0 Å². The SMILES string of the molecule is C[C@H](N)C(=O)N(Cc1ccccc1F)C1CC1.Cl. The van der Waals surface area contributed by atoms with Crippen molar-refractivity contribution in [1.82, 2.24) is 4.90 Å². The molecule has 0 aliphatic heterocycles. The Morgan fingerprint density at radius 3 is 2.61 bits per heavy atom. The van der Waals surface area contributed by atoms with Gasteiger partial charge in [0.1, 0.15) is 5.82 Å². The molecule has 100 valence electrons. The van der Waals surface area contributed by atoms with E-state index in [2.05, 4.69) is 0 Å². The highest BCUT2D eigenvalue weighted by Gasteiger charge is 2.33. The fourth-order valence-electron chi connectivity index (χ4n) is 1.84. The van der Waals surface area contributed by atoms with Gasteiger partial charge in [-0.25, -0.2) is 4.39 Å². The van der Waals surface area contributed by atoms with Gasteiger partial charge in [0.05, 0.1) is 6.04 Å². The van der Waals surface area contributed by atoms with Crippen LogP contribution in [0.4, 0.5) is 4.39 Å². The molecule has 0 bridgehead atoms. The molecule has 0 spiro atoms. The van der Waals surface area contributed by atoms with E-state index in [1.54, 1.807) is 30.0 Å². The van der Waals surface area contributed by atoms with E-state index in [-0.39, 0.29) is 30.2 Å². The largest absolute Gasteiger partial charge is 0.334 e. The number of hydrogen-bond donors (Lipinski definition) is 1. The molecule has 0 heterocycles. The molecule has 1 fully saturated rings. The van der Waals surface area contributed by atoms with E-state index < -0.39 is 6.04 Å². The molecule has 1 atom stereocenters. The van der Waals surface area contributed by atoms with Gasteiger partial charge >= 0.3 is 0 Å². The maximum absolute atomic E-state index is 13.5. The quantitative estimate of drug-likeness (QED) is 0.912. The van der Waals surface area contributed by atoms with E-state index in [9.17, 15) is 9.18 Å². The molecular formula is C13H18ClFN2O. The van der Waals surface area contributed by atoms with Gasteiger partial charge in [-0.05, 0) is 25.8 Å². The van der Waals surface area contributed by atoms with Crippen LogP contribution in [-0.2, 0) is 11.3 Å². The molecule has 1 amide bonds. The van der Waals surface area contributed by atoms with E-state index in [1.807, 2.05) is 0 Å². The Hall–Kier alpha value is -1.13. The van der Waals surface area contributed by atoms with Crippen molar-refractivity contribution in [2.24, 2.45) is 5.73 Å². The summed E-state index contributed by atoms with van der Waals surface area (Å²) in [6.07, 6.45) is 1.99. The normalized spacial score (nSPS) is 15.7. The van der Waals surface area contributed by atoms with Crippen molar-refractivity contribution in [2.45, 2.75) is 38.4 Å². The molecule has 3 nitrogen and oxygen atoms in total. The highest BCUT2D eigenvalue weighted by atomic mass is 35.5. The molecule has 0 unspecified atom stereocenters. The van der Waals surface area contributed by atoms with Gasteiger partial charge in [-0.1, -0.05) is 18.2 Å².